The fourth-order valence-electron chi connectivity index (χ4n) is 3.36. The normalized spacial score (nSPS) is 19.4. The molecule has 4 rings (SSSR count). The van der Waals surface area contributed by atoms with Gasteiger partial charge in [0.1, 0.15) is 5.75 Å². The van der Waals surface area contributed by atoms with E-state index < -0.39 is 6.29 Å². The second-order valence-electron chi connectivity index (χ2n) is 6.95. The van der Waals surface area contributed by atoms with Gasteiger partial charge < -0.3 is 25.4 Å². The first-order valence-electron chi connectivity index (χ1n) is 9.65. The molecular formula is C21H26N6O2. The predicted molar refractivity (Wildman–Crippen MR) is 116 cm³/mol. The second kappa shape index (κ2) is 8.40. The Morgan fingerprint density at radius 2 is 1.76 bits per heavy atom. The summed E-state index contributed by atoms with van der Waals surface area (Å²) in [6.45, 7) is 4.90. The van der Waals surface area contributed by atoms with Crippen LogP contribution in [0, 0.1) is 6.92 Å². The predicted octanol–water partition coefficient (Wildman–Crippen LogP) is 2.22. The quantitative estimate of drug-likeness (QED) is 0.827. The van der Waals surface area contributed by atoms with Gasteiger partial charge in [-0.25, -0.2) is 4.99 Å². The van der Waals surface area contributed by atoms with Crippen molar-refractivity contribution < 1.29 is 9.47 Å². The van der Waals surface area contributed by atoms with Crippen LogP contribution in [0.25, 0.3) is 0 Å². The van der Waals surface area contributed by atoms with Gasteiger partial charge in [0.05, 0.1) is 20.3 Å². The molecule has 0 spiro atoms. The van der Waals surface area contributed by atoms with Crippen LogP contribution in [-0.2, 0) is 4.74 Å². The summed E-state index contributed by atoms with van der Waals surface area (Å²) in [6, 6.07) is 16.0. The zero-order chi connectivity index (χ0) is 20.2. The summed E-state index contributed by atoms with van der Waals surface area (Å²) in [6.07, 6.45) is -0.429. The van der Waals surface area contributed by atoms with Gasteiger partial charge in [0.25, 0.3) is 0 Å². The van der Waals surface area contributed by atoms with E-state index in [0.29, 0.717) is 13.2 Å². The summed E-state index contributed by atoms with van der Waals surface area (Å²) in [7, 11) is 1.65. The number of methoxy groups -OCH3 is 1. The number of nitrogens with two attached hydrogens (primary N) is 1. The third-order valence-corrected chi connectivity index (χ3v) is 4.92. The van der Waals surface area contributed by atoms with Gasteiger partial charge >= 0.3 is 0 Å². The summed E-state index contributed by atoms with van der Waals surface area (Å²) in [5, 5.41) is 3.46. The molecule has 2 aromatic rings. The van der Waals surface area contributed by atoms with Crippen molar-refractivity contribution >= 4 is 23.3 Å². The van der Waals surface area contributed by atoms with E-state index in [4.69, 9.17) is 15.2 Å². The lowest BCUT2D eigenvalue weighted by Gasteiger charge is -2.41. The molecule has 1 atom stereocenters. The van der Waals surface area contributed by atoms with Crippen LogP contribution in [0.3, 0.4) is 0 Å². The molecule has 152 valence electrons. The maximum absolute atomic E-state index is 6.10. The summed E-state index contributed by atoms with van der Waals surface area (Å²) in [4.78, 5) is 13.4. The Balaban J connectivity index is 1.68. The smallest absolute Gasteiger partial charge is 0.222 e. The van der Waals surface area contributed by atoms with Crippen LogP contribution in [0.4, 0.5) is 11.4 Å². The molecule has 2 heterocycles. The molecule has 0 amide bonds. The Bertz CT molecular complexity index is 888. The fourth-order valence-corrected chi connectivity index (χ4v) is 3.36. The topological polar surface area (TPSA) is 87.7 Å². The van der Waals surface area contributed by atoms with Crippen molar-refractivity contribution in [3.8, 4) is 5.75 Å². The van der Waals surface area contributed by atoms with E-state index in [1.807, 2.05) is 24.3 Å². The SMILES string of the molecule is COc1ccc(NC2N=C(N)N=C(N3CCOCC3)N2c2ccc(C)cc2)cc1. The van der Waals surface area contributed by atoms with Gasteiger partial charge in [-0.05, 0) is 43.3 Å². The van der Waals surface area contributed by atoms with Gasteiger partial charge in [-0.15, -0.1) is 0 Å². The highest BCUT2D eigenvalue weighted by molar-refractivity contribution is 6.06. The van der Waals surface area contributed by atoms with E-state index in [0.717, 1.165) is 36.2 Å². The minimum atomic E-state index is -0.429. The maximum Gasteiger partial charge on any atom is 0.222 e. The molecule has 2 aliphatic heterocycles. The lowest BCUT2D eigenvalue weighted by Crippen LogP contribution is -2.57. The van der Waals surface area contributed by atoms with Crippen molar-refractivity contribution in [2.45, 2.75) is 13.2 Å². The third-order valence-electron chi connectivity index (χ3n) is 4.92. The molecular weight excluding hydrogens is 368 g/mol. The highest BCUT2D eigenvalue weighted by Crippen LogP contribution is 2.25. The van der Waals surface area contributed by atoms with Crippen LogP contribution in [0.1, 0.15) is 5.56 Å². The molecule has 1 saturated heterocycles. The summed E-state index contributed by atoms with van der Waals surface area (Å²) >= 11 is 0. The number of morpholine rings is 1. The van der Waals surface area contributed by atoms with Crippen molar-refractivity contribution in [2.24, 2.45) is 15.7 Å². The number of nitrogens with zero attached hydrogens (tertiary/aromatic N) is 4. The van der Waals surface area contributed by atoms with E-state index in [2.05, 4.69) is 56.3 Å². The van der Waals surface area contributed by atoms with Gasteiger partial charge in [0.2, 0.25) is 18.2 Å². The maximum atomic E-state index is 6.10. The summed E-state index contributed by atoms with van der Waals surface area (Å²) in [5.74, 6) is 1.82. The zero-order valence-electron chi connectivity index (χ0n) is 16.7. The van der Waals surface area contributed by atoms with Crippen LogP contribution >= 0.6 is 0 Å². The lowest BCUT2D eigenvalue weighted by molar-refractivity contribution is 0.0671. The first-order chi connectivity index (χ1) is 14.1. The first kappa shape index (κ1) is 19.1. The highest BCUT2D eigenvalue weighted by atomic mass is 16.5. The van der Waals surface area contributed by atoms with Crippen molar-refractivity contribution in [3.05, 3.63) is 54.1 Å². The van der Waals surface area contributed by atoms with Crippen molar-refractivity contribution in [1.82, 2.24) is 4.90 Å². The monoisotopic (exact) mass is 394 g/mol. The number of rotatable bonds is 4. The molecule has 2 aliphatic rings. The first-order valence-corrected chi connectivity index (χ1v) is 9.65. The largest absolute Gasteiger partial charge is 0.497 e. The summed E-state index contributed by atoms with van der Waals surface area (Å²) < 4.78 is 10.8. The number of hydrogen-bond donors (Lipinski definition) is 2. The Morgan fingerprint density at radius 1 is 1.07 bits per heavy atom. The molecule has 3 N–H and O–H groups in total. The van der Waals surface area contributed by atoms with Crippen LogP contribution in [0.2, 0.25) is 0 Å². The number of anilines is 2. The number of hydrogen-bond acceptors (Lipinski definition) is 8. The van der Waals surface area contributed by atoms with Crippen molar-refractivity contribution in [2.75, 3.05) is 43.6 Å². The Labute approximate surface area is 170 Å². The Kier molecular flexibility index (Phi) is 5.53. The number of guanidine groups is 2. The molecule has 1 unspecified atom stereocenters. The number of benzene rings is 2. The molecule has 8 nitrogen and oxygen atoms in total. The van der Waals surface area contributed by atoms with E-state index in [1.54, 1.807) is 7.11 Å². The minimum Gasteiger partial charge on any atom is -0.497 e. The lowest BCUT2D eigenvalue weighted by atomic mass is 10.2. The molecule has 2 aromatic carbocycles. The molecule has 0 aliphatic carbocycles. The third kappa shape index (κ3) is 4.27. The van der Waals surface area contributed by atoms with Crippen LogP contribution in [-0.4, -0.2) is 56.5 Å². The average Bonchev–Trinajstić information content (AvgIpc) is 2.75. The van der Waals surface area contributed by atoms with Crippen molar-refractivity contribution in [1.29, 1.82) is 0 Å². The second-order valence-corrected chi connectivity index (χ2v) is 6.95. The average molecular weight is 394 g/mol. The molecule has 8 heteroatoms. The molecule has 0 bridgehead atoms. The van der Waals surface area contributed by atoms with Gasteiger partial charge in [-0.3, -0.25) is 4.90 Å². The van der Waals surface area contributed by atoms with E-state index in [-0.39, 0.29) is 5.96 Å². The highest BCUT2D eigenvalue weighted by Gasteiger charge is 2.32. The van der Waals surface area contributed by atoms with Crippen LogP contribution in [0.5, 0.6) is 5.75 Å². The van der Waals surface area contributed by atoms with Crippen LogP contribution in [0.15, 0.2) is 58.5 Å². The van der Waals surface area contributed by atoms with Gasteiger partial charge in [0.15, 0.2) is 0 Å². The number of aliphatic imine (C=N–C) groups is 2. The molecule has 0 saturated carbocycles. The van der Waals surface area contributed by atoms with Crippen LogP contribution < -0.4 is 20.7 Å². The van der Waals surface area contributed by atoms with E-state index >= 15 is 0 Å². The molecule has 0 radical (unpaired) electrons. The van der Waals surface area contributed by atoms with Gasteiger partial charge in [-0.2, -0.15) is 4.99 Å². The molecule has 0 aromatic heterocycles. The Hall–Kier alpha value is -3.26. The van der Waals surface area contributed by atoms with E-state index in [1.165, 1.54) is 5.56 Å². The van der Waals surface area contributed by atoms with Crippen molar-refractivity contribution in [3.63, 3.8) is 0 Å². The zero-order valence-corrected chi connectivity index (χ0v) is 16.7. The summed E-state index contributed by atoms with van der Waals surface area (Å²) in [5.41, 5.74) is 9.20. The Morgan fingerprint density at radius 3 is 2.41 bits per heavy atom. The molecule has 1 fully saturated rings. The minimum absolute atomic E-state index is 0.251. The fraction of sp³-hybridized carbons (Fsp3) is 0.333. The standard InChI is InChI=1S/C21H26N6O2/c1-15-3-7-17(8-4-15)27-20(23-16-5-9-18(28-2)10-6-16)24-19(22)25-21(27)26-11-13-29-14-12-26/h3-10,20,23H,11-14H2,1-2H3,(H2,22,24). The van der Waals surface area contributed by atoms with Gasteiger partial charge in [-0.1, -0.05) is 17.7 Å². The van der Waals surface area contributed by atoms with Gasteiger partial charge in [0, 0.05) is 24.5 Å². The number of ether oxygens (including phenoxy) is 2. The molecule has 29 heavy (non-hydrogen) atoms. The van der Waals surface area contributed by atoms with E-state index in [9.17, 15) is 0 Å². The number of aryl methyl sites for hydroxylation is 1. The number of nitrogens with one attached hydrogen (secondary N) is 1.